The van der Waals surface area contributed by atoms with Gasteiger partial charge >= 0.3 is 0 Å². The highest BCUT2D eigenvalue weighted by molar-refractivity contribution is 5.76. The number of carbonyl (C=O) groups excluding carboxylic acids is 1. The van der Waals surface area contributed by atoms with E-state index in [4.69, 9.17) is 10.8 Å². The molecule has 0 aromatic heterocycles. The Hall–Kier alpha value is -1.55. The van der Waals surface area contributed by atoms with Crippen molar-refractivity contribution in [3.05, 3.63) is 29.8 Å². The Morgan fingerprint density at radius 1 is 1.33 bits per heavy atom. The van der Waals surface area contributed by atoms with E-state index in [1.807, 2.05) is 26.0 Å². The molecule has 0 heterocycles. The fourth-order valence-corrected chi connectivity index (χ4v) is 1.74. The van der Waals surface area contributed by atoms with Gasteiger partial charge in [0.25, 0.3) is 0 Å². The first-order valence-corrected chi connectivity index (χ1v) is 6.30. The van der Waals surface area contributed by atoms with Crippen LogP contribution in [-0.4, -0.2) is 23.1 Å². The summed E-state index contributed by atoms with van der Waals surface area (Å²) < 4.78 is 0. The summed E-state index contributed by atoms with van der Waals surface area (Å²) in [7, 11) is 0. The topological polar surface area (TPSA) is 75.4 Å². The van der Waals surface area contributed by atoms with Gasteiger partial charge < -0.3 is 16.2 Å². The lowest BCUT2D eigenvalue weighted by molar-refractivity contribution is -0.121. The van der Waals surface area contributed by atoms with Crippen molar-refractivity contribution < 1.29 is 9.90 Å². The Bertz CT molecular complexity index is 374. The Morgan fingerprint density at radius 3 is 2.50 bits per heavy atom. The van der Waals surface area contributed by atoms with Crippen molar-refractivity contribution in [2.75, 3.05) is 0 Å². The van der Waals surface area contributed by atoms with Crippen LogP contribution in [0.5, 0.6) is 5.75 Å². The van der Waals surface area contributed by atoms with Crippen molar-refractivity contribution in [3.63, 3.8) is 0 Å². The zero-order valence-electron chi connectivity index (χ0n) is 11.0. The molecule has 0 fully saturated rings. The zero-order chi connectivity index (χ0) is 13.5. The number of rotatable bonds is 6. The second-order valence-electron chi connectivity index (χ2n) is 4.86. The third-order valence-corrected chi connectivity index (χ3v) is 2.72. The Kier molecular flexibility index (Phi) is 5.65. The molecule has 2 atom stereocenters. The quantitative estimate of drug-likeness (QED) is 0.717. The molecule has 1 rings (SSSR count). The van der Waals surface area contributed by atoms with Gasteiger partial charge in [-0.05, 0) is 44.4 Å². The lowest BCUT2D eigenvalue weighted by Crippen LogP contribution is -2.36. The first-order valence-electron chi connectivity index (χ1n) is 6.30. The zero-order valence-corrected chi connectivity index (χ0v) is 11.0. The number of aryl methyl sites for hydroxylation is 1. The summed E-state index contributed by atoms with van der Waals surface area (Å²) in [6.07, 6.45) is 2.11. The minimum absolute atomic E-state index is 0.00297. The number of aromatic hydroxyl groups is 1. The largest absolute Gasteiger partial charge is 0.508 e. The molecule has 100 valence electrons. The molecule has 0 spiro atoms. The van der Waals surface area contributed by atoms with Gasteiger partial charge in [-0.15, -0.1) is 0 Å². The Labute approximate surface area is 108 Å². The van der Waals surface area contributed by atoms with E-state index in [0.717, 1.165) is 18.4 Å². The van der Waals surface area contributed by atoms with Gasteiger partial charge in [0.05, 0.1) is 0 Å². The van der Waals surface area contributed by atoms with Crippen LogP contribution in [0.3, 0.4) is 0 Å². The van der Waals surface area contributed by atoms with Gasteiger partial charge in [-0.1, -0.05) is 12.1 Å². The molecule has 0 saturated heterocycles. The van der Waals surface area contributed by atoms with Gasteiger partial charge in [-0.2, -0.15) is 0 Å². The second kappa shape index (κ2) is 7.01. The molecule has 0 aliphatic rings. The van der Waals surface area contributed by atoms with Crippen LogP contribution in [0.15, 0.2) is 24.3 Å². The molecule has 1 aromatic carbocycles. The number of phenols is 1. The summed E-state index contributed by atoms with van der Waals surface area (Å²) in [5.74, 6) is 0.278. The van der Waals surface area contributed by atoms with E-state index in [2.05, 4.69) is 5.32 Å². The highest BCUT2D eigenvalue weighted by Gasteiger charge is 2.09. The molecule has 2 unspecified atom stereocenters. The lowest BCUT2D eigenvalue weighted by Gasteiger charge is -2.14. The molecule has 0 saturated carbocycles. The second-order valence-corrected chi connectivity index (χ2v) is 4.86. The van der Waals surface area contributed by atoms with E-state index in [1.165, 1.54) is 0 Å². The van der Waals surface area contributed by atoms with Gasteiger partial charge in [0.2, 0.25) is 5.91 Å². The minimum Gasteiger partial charge on any atom is -0.508 e. The predicted molar refractivity (Wildman–Crippen MR) is 72.3 cm³/mol. The Balaban J connectivity index is 2.30. The number of hydrogen-bond donors (Lipinski definition) is 3. The molecule has 0 aliphatic carbocycles. The van der Waals surface area contributed by atoms with Gasteiger partial charge in [0.1, 0.15) is 5.75 Å². The highest BCUT2D eigenvalue weighted by Crippen LogP contribution is 2.11. The van der Waals surface area contributed by atoms with E-state index in [9.17, 15) is 4.79 Å². The SMILES string of the molecule is CC(N)CC(=O)NC(C)CCc1ccc(O)cc1. The smallest absolute Gasteiger partial charge is 0.221 e. The van der Waals surface area contributed by atoms with Gasteiger partial charge in [-0.3, -0.25) is 4.79 Å². The fraction of sp³-hybridized carbons (Fsp3) is 0.500. The number of carbonyl (C=O) groups is 1. The van der Waals surface area contributed by atoms with E-state index in [0.29, 0.717) is 6.42 Å². The predicted octanol–water partition coefficient (Wildman–Crippen LogP) is 1.57. The Morgan fingerprint density at radius 2 is 1.94 bits per heavy atom. The number of phenolic OH excluding ortho intramolecular Hbond substituents is 1. The van der Waals surface area contributed by atoms with E-state index in [1.54, 1.807) is 12.1 Å². The maximum Gasteiger partial charge on any atom is 0.221 e. The van der Waals surface area contributed by atoms with Crippen LogP contribution in [0.2, 0.25) is 0 Å². The highest BCUT2D eigenvalue weighted by atomic mass is 16.3. The van der Waals surface area contributed by atoms with Crippen molar-refractivity contribution in [1.29, 1.82) is 0 Å². The lowest BCUT2D eigenvalue weighted by atomic mass is 10.1. The van der Waals surface area contributed by atoms with E-state index in [-0.39, 0.29) is 23.7 Å². The molecule has 4 heteroatoms. The summed E-state index contributed by atoms with van der Waals surface area (Å²) in [5.41, 5.74) is 6.72. The van der Waals surface area contributed by atoms with Crippen LogP contribution in [0, 0.1) is 0 Å². The van der Waals surface area contributed by atoms with Gasteiger partial charge in [-0.25, -0.2) is 0 Å². The summed E-state index contributed by atoms with van der Waals surface area (Å²) in [6, 6.07) is 7.17. The number of hydrogen-bond acceptors (Lipinski definition) is 3. The van der Waals surface area contributed by atoms with Crippen LogP contribution in [0.4, 0.5) is 0 Å². The average molecular weight is 250 g/mol. The summed E-state index contributed by atoms with van der Waals surface area (Å²) >= 11 is 0. The molecule has 1 aromatic rings. The van der Waals surface area contributed by atoms with Gasteiger partial charge in [0, 0.05) is 18.5 Å². The summed E-state index contributed by atoms with van der Waals surface area (Å²) in [4.78, 5) is 11.5. The normalized spacial score (nSPS) is 13.9. The standard InChI is InChI=1S/C14H22N2O2/c1-10(15)9-14(18)16-11(2)3-4-12-5-7-13(17)8-6-12/h5-8,10-11,17H,3-4,9,15H2,1-2H3,(H,16,18). The fourth-order valence-electron chi connectivity index (χ4n) is 1.74. The van der Waals surface area contributed by atoms with E-state index < -0.39 is 0 Å². The maximum absolute atomic E-state index is 11.5. The van der Waals surface area contributed by atoms with E-state index >= 15 is 0 Å². The number of nitrogens with one attached hydrogen (secondary N) is 1. The van der Waals surface area contributed by atoms with Crippen molar-refractivity contribution in [2.45, 2.75) is 45.2 Å². The first kappa shape index (κ1) is 14.5. The van der Waals surface area contributed by atoms with Crippen LogP contribution in [-0.2, 0) is 11.2 Å². The van der Waals surface area contributed by atoms with Crippen LogP contribution in [0.1, 0.15) is 32.3 Å². The molecule has 4 N–H and O–H groups in total. The third kappa shape index (κ3) is 5.68. The number of amides is 1. The minimum atomic E-state index is -0.103. The number of benzene rings is 1. The monoisotopic (exact) mass is 250 g/mol. The van der Waals surface area contributed by atoms with Crippen LogP contribution >= 0.6 is 0 Å². The first-order chi connectivity index (χ1) is 8.47. The molecule has 18 heavy (non-hydrogen) atoms. The molecule has 0 bridgehead atoms. The average Bonchev–Trinajstić information content (AvgIpc) is 2.27. The van der Waals surface area contributed by atoms with Crippen molar-refractivity contribution in [1.82, 2.24) is 5.32 Å². The number of nitrogens with two attached hydrogens (primary N) is 1. The van der Waals surface area contributed by atoms with Crippen molar-refractivity contribution >= 4 is 5.91 Å². The van der Waals surface area contributed by atoms with Gasteiger partial charge in [0.15, 0.2) is 0 Å². The third-order valence-electron chi connectivity index (χ3n) is 2.72. The molecule has 0 radical (unpaired) electrons. The maximum atomic E-state index is 11.5. The van der Waals surface area contributed by atoms with Crippen molar-refractivity contribution in [2.24, 2.45) is 5.73 Å². The van der Waals surface area contributed by atoms with Crippen molar-refractivity contribution in [3.8, 4) is 5.75 Å². The molecule has 1 amide bonds. The van der Waals surface area contributed by atoms with Crippen LogP contribution in [0.25, 0.3) is 0 Å². The molecule has 4 nitrogen and oxygen atoms in total. The molecular formula is C14H22N2O2. The summed E-state index contributed by atoms with van der Waals surface area (Å²) in [5, 5.41) is 12.1. The summed E-state index contributed by atoms with van der Waals surface area (Å²) in [6.45, 7) is 3.81. The molecule has 0 aliphatic heterocycles. The molecular weight excluding hydrogens is 228 g/mol. The van der Waals surface area contributed by atoms with Crippen LogP contribution < -0.4 is 11.1 Å².